The van der Waals surface area contributed by atoms with E-state index in [2.05, 4.69) is 45.5 Å². The van der Waals surface area contributed by atoms with Crippen LogP contribution in [0.3, 0.4) is 0 Å². The van der Waals surface area contributed by atoms with Gasteiger partial charge in [-0.3, -0.25) is 9.78 Å². The number of carbonyl (C=O) groups excluding carboxylic acids is 1. The summed E-state index contributed by atoms with van der Waals surface area (Å²) in [5.41, 5.74) is 4.64. The summed E-state index contributed by atoms with van der Waals surface area (Å²) in [5.74, 6) is 1.74. The summed E-state index contributed by atoms with van der Waals surface area (Å²) in [6, 6.07) is 16.5. The van der Waals surface area contributed by atoms with E-state index in [0.717, 1.165) is 41.8 Å². The first-order valence-electron chi connectivity index (χ1n) is 9.31. The van der Waals surface area contributed by atoms with Crippen LogP contribution in [0, 0.1) is 0 Å². The Morgan fingerprint density at radius 2 is 2.00 bits per heavy atom. The van der Waals surface area contributed by atoms with Crippen molar-refractivity contribution in [3.63, 3.8) is 0 Å². The lowest BCUT2D eigenvalue weighted by atomic mass is 9.97. The number of benzene rings is 2. The van der Waals surface area contributed by atoms with E-state index in [1.54, 1.807) is 18.7 Å². The third-order valence-electron chi connectivity index (χ3n) is 4.73. The van der Waals surface area contributed by atoms with Crippen molar-refractivity contribution in [1.82, 2.24) is 9.97 Å². The molecule has 0 saturated heterocycles. The predicted octanol–water partition coefficient (Wildman–Crippen LogP) is 4.29. The largest absolute Gasteiger partial charge is 0.351 e. The molecule has 1 aliphatic rings. The first-order valence-corrected chi connectivity index (χ1v) is 10.3. The van der Waals surface area contributed by atoms with Crippen LogP contribution in [-0.2, 0) is 23.5 Å². The van der Waals surface area contributed by atoms with Crippen molar-refractivity contribution >= 4 is 29.2 Å². The van der Waals surface area contributed by atoms with E-state index in [9.17, 15) is 4.79 Å². The normalized spacial score (nSPS) is 13.1. The molecule has 0 saturated carbocycles. The van der Waals surface area contributed by atoms with Gasteiger partial charge in [-0.2, -0.15) is 0 Å². The van der Waals surface area contributed by atoms with E-state index in [-0.39, 0.29) is 5.91 Å². The van der Waals surface area contributed by atoms with Gasteiger partial charge in [-0.15, -0.1) is 11.8 Å². The fourth-order valence-electron chi connectivity index (χ4n) is 3.40. The molecule has 2 aromatic carbocycles. The van der Waals surface area contributed by atoms with Gasteiger partial charge in [0.15, 0.2) is 0 Å². The molecule has 0 unspecified atom stereocenters. The van der Waals surface area contributed by atoms with Crippen molar-refractivity contribution in [2.24, 2.45) is 0 Å². The molecule has 2 heterocycles. The number of rotatable bonds is 5. The van der Waals surface area contributed by atoms with Crippen LogP contribution in [0.1, 0.15) is 23.6 Å². The van der Waals surface area contributed by atoms with Gasteiger partial charge in [-0.05, 0) is 29.2 Å². The standard InChI is InChI=1S/C22H22N4OS/c1-16(27)24-20-9-5-8-18-14-26(11-10-19(18)20)21-12-23-13-22(25-21)28-15-17-6-3-2-4-7-17/h2-9,12-13H,10-11,14-15H2,1H3,(H,24,27). The van der Waals surface area contributed by atoms with Crippen LogP contribution in [0.2, 0.25) is 0 Å². The minimum absolute atomic E-state index is 0.0372. The van der Waals surface area contributed by atoms with Crippen LogP contribution in [0.5, 0.6) is 0 Å². The van der Waals surface area contributed by atoms with Crippen LogP contribution >= 0.6 is 11.8 Å². The number of carbonyl (C=O) groups is 1. The second kappa shape index (κ2) is 8.44. The zero-order chi connectivity index (χ0) is 19.3. The minimum atomic E-state index is -0.0372. The molecular formula is C22H22N4OS. The number of fused-ring (bicyclic) bond motifs is 1. The summed E-state index contributed by atoms with van der Waals surface area (Å²) in [6.45, 7) is 3.16. The highest BCUT2D eigenvalue weighted by Crippen LogP contribution is 2.29. The van der Waals surface area contributed by atoms with E-state index in [0.29, 0.717) is 0 Å². The predicted molar refractivity (Wildman–Crippen MR) is 114 cm³/mol. The number of nitrogens with one attached hydrogen (secondary N) is 1. The van der Waals surface area contributed by atoms with Gasteiger partial charge >= 0.3 is 0 Å². The summed E-state index contributed by atoms with van der Waals surface area (Å²) < 4.78 is 0. The molecule has 1 aromatic heterocycles. The molecule has 6 heteroatoms. The zero-order valence-corrected chi connectivity index (χ0v) is 16.6. The third kappa shape index (κ3) is 4.34. The van der Waals surface area contributed by atoms with Crippen LogP contribution in [0.15, 0.2) is 66.0 Å². The van der Waals surface area contributed by atoms with Gasteiger partial charge in [-0.1, -0.05) is 42.5 Å². The Kier molecular flexibility index (Phi) is 5.58. The van der Waals surface area contributed by atoms with Crippen LogP contribution in [0.25, 0.3) is 0 Å². The molecule has 4 rings (SSSR count). The molecule has 142 valence electrons. The quantitative estimate of drug-likeness (QED) is 0.659. The lowest BCUT2D eigenvalue weighted by Gasteiger charge is -2.31. The second-order valence-corrected chi connectivity index (χ2v) is 7.78. The highest BCUT2D eigenvalue weighted by molar-refractivity contribution is 7.98. The first-order chi connectivity index (χ1) is 13.7. The van der Waals surface area contributed by atoms with Crippen molar-refractivity contribution in [2.75, 3.05) is 16.8 Å². The van der Waals surface area contributed by atoms with Crippen molar-refractivity contribution in [2.45, 2.75) is 30.7 Å². The second-order valence-electron chi connectivity index (χ2n) is 6.79. The average molecular weight is 391 g/mol. The van der Waals surface area contributed by atoms with Gasteiger partial charge in [0.1, 0.15) is 10.8 Å². The summed E-state index contributed by atoms with van der Waals surface area (Å²) >= 11 is 1.70. The van der Waals surface area contributed by atoms with Crippen LogP contribution < -0.4 is 10.2 Å². The molecule has 0 spiro atoms. The Labute approximate surface area is 169 Å². The Bertz CT molecular complexity index is 977. The monoisotopic (exact) mass is 390 g/mol. The fourth-order valence-corrected chi connectivity index (χ4v) is 4.20. The average Bonchev–Trinajstić information content (AvgIpc) is 2.73. The number of anilines is 2. The Balaban J connectivity index is 1.48. The molecule has 3 aromatic rings. The SMILES string of the molecule is CC(=O)Nc1cccc2c1CCN(c1cncc(SCc3ccccc3)n1)C2. The zero-order valence-electron chi connectivity index (χ0n) is 15.8. The van der Waals surface area contributed by atoms with Gasteiger partial charge in [0.2, 0.25) is 5.91 Å². The molecule has 0 aliphatic carbocycles. The Morgan fingerprint density at radius 3 is 2.82 bits per heavy atom. The number of hydrogen-bond acceptors (Lipinski definition) is 5. The van der Waals surface area contributed by atoms with E-state index < -0.39 is 0 Å². The third-order valence-corrected chi connectivity index (χ3v) is 5.70. The van der Waals surface area contributed by atoms with Crippen molar-refractivity contribution in [3.8, 4) is 0 Å². The lowest BCUT2D eigenvalue weighted by Crippen LogP contribution is -2.31. The first kappa shape index (κ1) is 18.5. The van der Waals surface area contributed by atoms with Gasteiger partial charge in [0.05, 0.1) is 12.4 Å². The number of nitrogens with zero attached hydrogens (tertiary/aromatic N) is 3. The Morgan fingerprint density at radius 1 is 1.14 bits per heavy atom. The van der Waals surface area contributed by atoms with Crippen LogP contribution in [-0.4, -0.2) is 22.4 Å². The van der Waals surface area contributed by atoms with E-state index in [1.807, 2.05) is 30.6 Å². The van der Waals surface area contributed by atoms with E-state index in [4.69, 9.17) is 4.98 Å². The van der Waals surface area contributed by atoms with Gasteiger partial charge < -0.3 is 10.2 Å². The molecule has 0 radical (unpaired) electrons. The molecule has 1 N–H and O–H groups in total. The van der Waals surface area contributed by atoms with Gasteiger partial charge in [0.25, 0.3) is 0 Å². The van der Waals surface area contributed by atoms with Crippen molar-refractivity contribution in [1.29, 1.82) is 0 Å². The lowest BCUT2D eigenvalue weighted by molar-refractivity contribution is -0.114. The summed E-state index contributed by atoms with van der Waals surface area (Å²) in [6.07, 6.45) is 4.52. The molecule has 1 amide bonds. The summed E-state index contributed by atoms with van der Waals surface area (Å²) in [5, 5.41) is 3.87. The molecule has 28 heavy (non-hydrogen) atoms. The van der Waals surface area contributed by atoms with Crippen molar-refractivity contribution < 1.29 is 4.79 Å². The fraction of sp³-hybridized carbons (Fsp3) is 0.227. The highest BCUT2D eigenvalue weighted by atomic mass is 32.2. The molecular weight excluding hydrogens is 368 g/mol. The maximum absolute atomic E-state index is 11.4. The number of hydrogen-bond donors (Lipinski definition) is 1. The van der Waals surface area contributed by atoms with Gasteiger partial charge in [0, 0.05) is 31.5 Å². The smallest absolute Gasteiger partial charge is 0.221 e. The van der Waals surface area contributed by atoms with E-state index in [1.165, 1.54) is 16.7 Å². The maximum Gasteiger partial charge on any atom is 0.221 e. The highest BCUT2D eigenvalue weighted by Gasteiger charge is 2.20. The van der Waals surface area contributed by atoms with E-state index >= 15 is 0 Å². The maximum atomic E-state index is 11.4. The molecule has 0 fully saturated rings. The number of thioether (sulfide) groups is 1. The molecule has 5 nitrogen and oxygen atoms in total. The molecule has 0 atom stereocenters. The number of aromatic nitrogens is 2. The molecule has 0 bridgehead atoms. The topological polar surface area (TPSA) is 58.1 Å². The number of amides is 1. The van der Waals surface area contributed by atoms with Gasteiger partial charge in [-0.25, -0.2) is 4.98 Å². The molecule has 1 aliphatic heterocycles. The van der Waals surface area contributed by atoms with Crippen LogP contribution in [0.4, 0.5) is 11.5 Å². The minimum Gasteiger partial charge on any atom is -0.351 e. The summed E-state index contributed by atoms with van der Waals surface area (Å²) in [7, 11) is 0. The Hall–Kier alpha value is -2.86. The van der Waals surface area contributed by atoms with Crippen molar-refractivity contribution in [3.05, 3.63) is 77.6 Å². The summed E-state index contributed by atoms with van der Waals surface area (Å²) in [4.78, 5) is 22.9.